The van der Waals surface area contributed by atoms with Gasteiger partial charge < -0.3 is 10.3 Å². The summed E-state index contributed by atoms with van der Waals surface area (Å²) in [6, 6.07) is 2.35. The molecule has 126 valence electrons. The van der Waals surface area contributed by atoms with E-state index in [1.807, 2.05) is 19.9 Å². The number of Topliss-reactive ketones (excluding diaryl/α,β-unsaturated/α-hetero) is 1. The van der Waals surface area contributed by atoms with Crippen molar-refractivity contribution in [1.82, 2.24) is 20.1 Å². The number of amides is 1. The highest BCUT2D eigenvalue weighted by atomic mass is 16.2. The number of hydrogen-bond donors (Lipinski definition) is 2. The molecule has 6 nitrogen and oxygen atoms in total. The van der Waals surface area contributed by atoms with Crippen molar-refractivity contribution in [3.05, 3.63) is 23.0 Å². The van der Waals surface area contributed by atoms with Gasteiger partial charge >= 0.3 is 0 Å². The zero-order valence-electron chi connectivity index (χ0n) is 14.0. The summed E-state index contributed by atoms with van der Waals surface area (Å²) < 4.78 is 0. The molecule has 0 radical (unpaired) electrons. The van der Waals surface area contributed by atoms with E-state index in [0.29, 0.717) is 19.1 Å². The molecule has 0 aromatic carbocycles. The fourth-order valence-electron chi connectivity index (χ4n) is 3.11. The van der Waals surface area contributed by atoms with Crippen molar-refractivity contribution in [3.8, 4) is 0 Å². The lowest BCUT2D eigenvalue weighted by Crippen LogP contribution is -2.50. The third-order valence-electron chi connectivity index (χ3n) is 4.59. The molecule has 0 bridgehead atoms. The van der Waals surface area contributed by atoms with Gasteiger partial charge in [-0.3, -0.25) is 19.4 Å². The monoisotopic (exact) mass is 318 g/mol. The summed E-state index contributed by atoms with van der Waals surface area (Å²) in [5, 5.41) is 3.02. The van der Waals surface area contributed by atoms with Crippen LogP contribution in [-0.2, 0) is 4.79 Å². The van der Waals surface area contributed by atoms with Gasteiger partial charge in [-0.25, -0.2) is 0 Å². The minimum atomic E-state index is 0.135. The number of piperazine rings is 1. The highest BCUT2D eigenvalue weighted by Crippen LogP contribution is 2.18. The third-order valence-corrected chi connectivity index (χ3v) is 4.59. The minimum absolute atomic E-state index is 0.135. The average Bonchev–Trinajstić information content (AvgIpc) is 3.23. The zero-order valence-corrected chi connectivity index (χ0v) is 14.0. The van der Waals surface area contributed by atoms with Gasteiger partial charge in [-0.2, -0.15) is 0 Å². The molecule has 0 atom stereocenters. The van der Waals surface area contributed by atoms with Crippen LogP contribution in [0.5, 0.6) is 0 Å². The van der Waals surface area contributed by atoms with Gasteiger partial charge in [0.2, 0.25) is 5.91 Å². The Bertz CT molecular complexity index is 583. The number of rotatable bonds is 6. The topological polar surface area (TPSA) is 68.4 Å². The van der Waals surface area contributed by atoms with Gasteiger partial charge in [-0.1, -0.05) is 0 Å². The third kappa shape index (κ3) is 4.42. The van der Waals surface area contributed by atoms with E-state index < -0.39 is 0 Å². The lowest BCUT2D eigenvalue weighted by atomic mass is 10.1. The van der Waals surface area contributed by atoms with E-state index in [9.17, 15) is 9.59 Å². The Labute approximate surface area is 137 Å². The normalized spacial score (nSPS) is 19.7. The predicted molar refractivity (Wildman–Crippen MR) is 88.6 cm³/mol. The van der Waals surface area contributed by atoms with Crippen molar-refractivity contribution in [2.75, 3.05) is 39.3 Å². The molecule has 23 heavy (non-hydrogen) atoms. The van der Waals surface area contributed by atoms with Crippen LogP contribution < -0.4 is 5.32 Å². The first-order chi connectivity index (χ1) is 11.0. The Morgan fingerprint density at radius 1 is 1.13 bits per heavy atom. The molecule has 1 amide bonds. The summed E-state index contributed by atoms with van der Waals surface area (Å²) in [4.78, 5) is 31.8. The minimum Gasteiger partial charge on any atom is -0.362 e. The molecule has 0 unspecified atom stereocenters. The van der Waals surface area contributed by atoms with Gasteiger partial charge in [0.1, 0.15) is 0 Å². The summed E-state index contributed by atoms with van der Waals surface area (Å²) in [7, 11) is 0. The van der Waals surface area contributed by atoms with Gasteiger partial charge in [-0.05, 0) is 32.8 Å². The summed E-state index contributed by atoms with van der Waals surface area (Å²) in [5.41, 5.74) is 2.77. The van der Waals surface area contributed by atoms with Crippen molar-refractivity contribution in [3.63, 3.8) is 0 Å². The SMILES string of the molecule is Cc1cc(C(=O)CN2CCN(CC(=O)NC3CC3)CC2)c(C)[nH]1. The van der Waals surface area contributed by atoms with E-state index in [0.717, 1.165) is 56.0 Å². The van der Waals surface area contributed by atoms with Crippen LogP contribution >= 0.6 is 0 Å². The van der Waals surface area contributed by atoms with Gasteiger partial charge in [0.15, 0.2) is 5.78 Å². The van der Waals surface area contributed by atoms with Crippen LogP contribution in [0.2, 0.25) is 0 Å². The van der Waals surface area contributed by atoms with Crippen LogP contribution in [0.4, 0.5) is 0 Å². The second-order valence-electron chi connectivity index (χ2n) is 6.81. The summed E-state index contributed by atoms with van der Waals surface area (Å²) in [6.07, 6.45) is 2.25. The number of carbonyl (C=O) groups is 2. The first kappa shape index (κ1) is 16.2. The molecule has 1 aromatic rings. The Morgan fingerprint density at radius 3 is 2.26 bits per heavy atom. The molecule has 3 rings (SSSR count). The number of aromatic amines is 1. The number of nitrogens with one attached hydrogen (secondary N) is 2. The maximum atomic E-state index is 12.4. The number of carbonyl (C=O) groups excluding carboxylic acids is 2. The van der Waals surface area contributed by atoms with Gasteiger partial charge in [0, 0.05) is 49.2 Å². The van der Waals surface area contributed by atoms with Crippen molar-refractivity contribution < 1.29 is 9.59 Å². The zero-order chi connectivity index (χ0) is 16.4. The number of H-pyrrole nitrogens is 1. The highest BCUT2D eigenvalue weighted by molar-refractivity contribution is 5.98. The number of aromatic nitrogens is 1. The molecule has 0 spiro atoms. The molecule has 2 fully saturated rings. The molecule has 2 aliphatic rings. The molecule has 6 heteroatoms. The van der Waals surface area contributed by atoms with E-state index in [1.54, 1.807) is 0 Å². The second-order valence-corrected chi connectivity index (χ2v) is 6.81. The highest BCUT2D eigenvalue weighted by Gasteiger charge is 2.26. The number of hydrogen-bond acceptors (Lipinski definition) is 4. The Kier molecular flexibility index (Phi) is 4.82. The van der Waals surface area contributed by atoms with Gasteiger partial charge in [0.25, 0.3) is 0 Å². The lowest BCUT2D eigenvalue weighted by Gasteiger charge is -2.33. The standard InChI is InChI=1S/C17H26N4O2/c1-12-9-15(13(2)18-12)16(22)10-20-5-7-21(8-6-20)11-17(23)19-14-3-4-14/h9,14,18H,3-8,10-11H2,1-2H3,(H,19,23). The fraction of sp³-hybridized carbons (Fsp3) is 0.647. The van der Waals surface area contributed by atoms with Crippen molar-refractivity contribution in [1.29, 1.82) is 0 Å². The van der Waals surface area contributed by atoms with Crippen LogP contribution in [-0.4, -0.2) is 71.8 Å². The van der Waals surface area contributed by atoms with Crippen molar-refractivity contribution in [2.24, 2.45) is 0 Å². The largest absolute Gasteiger partial charge is 0.362 e. The van der Waals surface area contributed by atoms with E-state index >= 15 is 0 Å². The molecule has 1 saturated carbocycles. The van der Waals surface area contributed by atoms with E-state index in [-0.39, 0.29) is 11.7 Å². The summed E-state index contributed by atoms with van der Waals surface area (Å²) in [5.74, 6) is 0.308. The van der Waals surface area contributed by atoms with Crippen LogP contribution in [0.15, 0.2) is 6.07 Å². The number of nitrogens with zero attached hydrogens (tertiary/aromatic N) is 2. The van der Waals surface area contributed by atoms with E-state index in [4.69, 9.17) is 0 Å². The molecular formula is C17H26N4O2. The second kappa shape index (κ2) is 6.84. The maximum Gasteiger partial charge on any atom is 0.234 e. The van der Waals surface area contributed by atoms with Crippen LogP contribution in [0, 0.1) is 13.8 Å². The van der Waals surface area contributed by atoms with Crippen LogP contribution in [0.1, 0.15) is 34.6 Å². The number of ketones is 1. The predicted octanol–water partition coefficient (Wildman–Crippen LogP) is 0.710. The molecule has 1 aliphatic heterocycles. The molecule has 1 aromatic heterocycles. The van der Waals surface area contributed by atoms with Crippen LogP contribution in [0.25, 0.3) is 0 Å². The molecule has 1 saturated heterocycles. The first-order valence-electron chi connectivity index (χ1n) is 8.45. The molecule has 1 aliphatic carbocycles. The molecule has 2 heterocycles. The maximum absolute atomic E-state index is 12.4. The van der Waals surface area contributed by atoms with Crippen molar-refractivity contribution >= 4 is 11.7 Å². The van der Waals surface area contributed by atoms with Gasteiger partial charge in [-0.15, -0.1) is 0 Å². The summed E-state index contributed by atoms with van der Waals surface area (Å²) in [6.45, 7) is 8.21. The molecular weight excluding hydrogens is 292 g/mol. The smallest absolute Gasteiger partial charge is 0.234 e. The fourth-order valence-corrected chi connectivity index (χ4v) is 3.11. The summed E-state index contributed by atoms with van der Waals surface area (Å²) >= 11 is 0. The Balaban J connectivity index is 1.42. The Hall–Kier alpha value is -1.66. The first-order valence-corrected chi connectivity index (χ1v) is 8.45. The Morgan fingerprint density at radius 2 is 1.74 bits per heavy atom. The van der Waals surface area contributed by atoms with Crippen molar-refractivity contribution in [2.45, 2.75) is 32.7 Å². The quantitative estimate of drug-likeness (QED) is 0.758. The lowest BCUT2D eigenvalue weighted by molar-refractivity contribution is -0.122. The number of aryl methyl sites for hydroxylation is 2. The molecule has 2 N–H and O–H groups in total. The van der Waals surface area contributed by atoms with Crippen LogP contribution in [0.3, 0.4) is 0 Å². The van der Waals surface area contributed by atoms with Gasteiger partial charge in [0.05, 0.1) is 13.1 Å². The average molecular weight is 318 g/mol. The van der Waals surface area contributed by atoms with E-state index in [1.165, 1.54) is 0 Å². The van der Waals surface area contributed by atoms with E-state index in [2.05, 4.69) is 20.1 Å².